The molecule has 1 aliphatic carbocycles. The summed E-state index contributed by atoms with van der Waals surface area (Å²) in [6.07, 6.45) is 0.770. The first kappa shape index (κ1) is 16.1. The number of carbonyl (C=O) groups excluding carboxylic acids is 1. The monoisotopic (exact) mass is 379 g/mol. The maximum Gasteiger partial charge on any atom is 0.252 e. The molecule has 2 aromatic rings. The third kappa shape index (κ3) is 3.02. The lowest BCUT2D eigenvalue weighted by molar-refractivity contribution is 0.0948. The van der Waals surface area contributed by atoms with Crippen molar-refractivity contribution >= 4 is 21.8 Å². The number of carbonyl (C=O) groups is 1. The van der Waals surface area contributed by atoms with E-state index in [1.807, 2.05) is 13.0 Å². The molecule has 1 fully saturated rings. The Morgan fingerprint density at radius 3 is 2.61 bits per heavy atom. The molecule has 0 radical (unpaired) electrons. The van der Waals surface area contributed by atoms with Crippen LogP contribution in [0.1, 0.15) is 29.3 Å². The molecule has 0 saturated heterocycles. The molecule has 5 heteroatoms. The zero-order valence-electron chi connectivity index (χ0n) is 12.6. The first-order valence-corrected chi connectivity index (χ1v) is 8.21. The molecular formula is C18H16BrF2NO. The third-order valence-electron chi connectivity index (χ3n) is 4.60. The Morgan fingerprint density at radius 1 is 1.30 bits per heavy atom. The zero-order chi connectivity index (χ0) is 16.6. The van der Waals surface area contributed by atoms with Crippen molar-refractivity contribution in [3.05, 3.63) is 69.7 Å². The third-order valence-corrected chi connectivity index (χ3v) is 5.30. The van der Waals surface area contributed by atoms with Gasteiger partial charge in [0.15, 0.2) is 0 Å². The average molecular weight is 380 g/mol. The molecule has 0 bridgehead atoms. The smallest absolute Gasteiger partial charge is 0.252 e. The van der Waals surface area contributed by atoms with Crippen molar-refractivity contribution in [3.8, 4) is 0 Å². The Morgan fingerprint density at radius 2 is 2.00 bits per heavy atom. The standard InChI is InChI=1S/C18H16BrF2NO/c1-11-9-18(11,14-7-6-12(20)8-16(14)21)10-22-17(23)13-4-2-3-5-15(13)19/h2-8,11H,9-10H2,1H3,(H,22,23). The Labute approximate surface area is 142 Å². The largest absolute Gasteiger partial charge is 0.351 e. The summed E-state index contributed by atoms with van der Waals surface area (Å²) in [4.78, 5) is 12.3. The predicted molar refractivity (Wildman–Crippen MR) is 88.3 cm³/mol. The molecule has 2 atom stereocenters. The normalized spacial score (nSPS) is 22.7. The Balaban J connectivity index is 1.78. The molecule has 0 heterocycles. The van der Waals surface area contributed by atoms with E-state index < -0.39 is 17.0 Å². The first-order valence-electron chi connectivity index (χ1n) is 7.42. The van der Waals surface area contributed by atoms with Gasteiger partial charge in [-0.2, -0.15) is 0 Å². The van der Waals surface area contributed by atoms with Crippen molar-refractivity contribution in [1.29, 1.82) is 0 Å². The SMILES string of the molecule is CC1CC1(CNC(=O)c1ccccc1Br)c1ccc(F)cc1F. The van der Waals surface area contributed by atoms with Crippen molar-refractivity contribution < 1.29 is 13.6 Å². The molecule has 0 aromatic heterocycles. The van der Waals surface area contributed by atoms with E-state index in [2.05, 4.69) is 21.2 Å². The Hall–Kier alpha value is -1.75. The molecule has 0 spiro atoms. The van der Waals surface area contributed by atoms with Crippen LogP contribution in [0.25, 0.3) is 0 Å². The molecule has 120 valence electrons. The van der Waals surface area contributed by atoms with Gasteiger partial charge in [0, 0.05) is 22.5 Å². The molecular weight excluding hydrogens is 364 g/mol. The van der Waals surface area contributed by atoms with Crippen LogP contribution in [0.2, 0.25) is 0 Å². The molecule has 1 N–H and O–H groups in total. The summed E-state index contributed by atoms with van der Waals surface area (Å²) in [5.41, 5.74) is 0.559. The highest BCUT2D eigenvalue weighted by Gasteiger charge is 2.53. The Kier molecular flexibility index (Phi) is 4.23. The van der Waals surface area contributed by atoms with Crippen molar-refractivity contribution in [3.63, 3.8) is 0 Å². The number of nitrogens with one attached hydrogen (secondary N) is 1. The van der Waals surface area contributed by atoms with E-state index in [0.717, 1.165) is 12.5 Å². The van der Waals surface area contributed by atoms with E-state index in [9.17, 15) is 13.6 Å². The number of rotatable bonds is 4. The summed E-state index contributed by atoms with van der Waals surface area (Å²) >= 11 is 3.35. The van der Waals surface area contributed by atoms with Gasteiger partial charge < -0.3 is 5.32 Å². The van der Waals surface area contributed by atoms with Gasteiger partial charge in [0.05, 0.1) is 5.56 Å². The topological polar surface area (TPSA) is 29.1 Å². The van der Waals surface area contributed by atoms with Gasteiger partial charge in [-0.05, 0) is 52.0 Å². The second kappa shape index (κ2) is 6.04. The van der Waals surface area contributed by atoms with Crippen LogP contribution in [0.5, 0.6) is 0 Å². The van der Waals surface area contributed by atoms with Crippen molar-refractivity contribution in [2.45, 2.75) is 18.8 Å². The summed E-state index contributed by atoms with van der Waals surface area (Å²) in [7, 11) is 0. The highest BCUT2D eigenvalue weighted by Crippen LogP contribution is 2.54. The van der Waals surface area contributed by atoms with Gasteiger partial charge in [-0.15, -0.1) is 0 Å². The zero-order valence-corrected chi connectivity index (χ0v) is 14.2. The predicted octanol–water partition coefficient (Wildman–Crippen LogP) is 4.43. The van der Waals surface area contributed by atoms with Crippen LogP contribution in [0, 0.1) is 17.6 Å². The lowest BCUT2D eigenvalue weighted by Gasteiger charge is -2.19. The summed E-state index contributed by atoms with van der Waals surface area (Å²) in [5.74, 6) is -1.11. The molecule has 2 nitrogen and oxygen atoms in total. The van der Waals surface area contributed by atoms with Crippen LogP contribution in [0.15, 0.2) is 46.9 Å². The molecule has 2 unspecified atom stereocenters. The number of benzene rings is 2. The van der Waals surface area contributed by atoms with Gasteiger partial charge >= 0.3 is 0 Å². The van der Waals surface area contributed by atoms with Crippen LogP contribution in [-0.4, -0.2) is 12.5 Å². The molecule has 23 heavy (non-hydrogen) atoms. The van der Waals surface area contributed by atoms with Gasteiger partial charge in [0.2, 0.25) is 0 Å². The van der Waals surface area contributed by atoms with E-state index in [4.69, 9.17) is 0 Å². The molecule has 3 rings (SSSR count). The summed E-state index contributed by atoms with van der Waals surface area (Å²) < 4.78 is 27.9. The lowest BCUT2D eigenvalue weighted by Crippen LogP contribution is -2.34. The van der Waals surface area contributed by atoms with E-state index in [0.29, 0.717) is 22.1 Å². The molecule has 1 amide bonds. The van der Waals surface area contributed by atoms with Gasteiger partial charge in [0.25, 0.3) is 5.91 Å². The molecule has 0 aliphatic heterocycles. The summed E-state index contributed by atoms with van der Waals surface area (Å²) in [6, 6.07) is 10.8. The highest BCUT2D eigenvalue weighted by atomic mass is 79.9. The summed E-state index contributed by atoms with van der Waals surface area (Å²) in [5, 5.41) is 2.88. The van der Waals surface area contributed by atoms with Gasteiger partial charge in [-0.3, -0.25) is 4.79 Å². The second-order valence-corrected chi connectivity index (χ2v) is 6.90. The van der Waals surface area contributed by atoms with Gasteiger partial charge in [-0.1, -0.05) is 25.1 Å². The van der Waals surface area contributed by atoms with Gasteiger partial charge in [0.1, 0.15) is 11.6 Å². The van der Waals surface area contributed by atoms with Crippen molar-refractivity contribution in [2.24, 2.45) is 5.92 Å². The van der Waals surface area contributed by atoms with E-state index in [1.54, 1.807) is 18.2 Å². The van der Waals surface area contributed by atoms with Gasteiger partial charge in [-0.25, -0.2) is 8.78 Å². The van der Waals surface area contributed by atoms with Crippen LogP contribution in [-0.2, 0) is 5.41 Å². The minimum Gasteiger partial charge on any atom is -0.351 e. The highest BCUT2D eigenvalue weighted by molar-refractivity contribution is 9.10. The molecule has 1 aliphatic rings. The number of halogens is 3. The number of amides is 1. The first-order chi connectivity index (χ1) is 10.9. The van der Waals surface area contributed by atoms with Crippen LogP contribution < -0.4 is 5.32 Å². The van der Waals surface area contributed by atoms with E-state index in [1.165, 1.54) is 12.1 Å². The molecule has 2 aromatic carbocycles. The minimum atomic E-state index is -0.591. The average Bonchev–Trinajstić information content (AvgIpc) is 3.16. The van der Waals surface area contributed by atoms with Crippen LogP contribution in [0.3, 0.4) is 0 Å². The van der Waals surface area contributed by atoms with E-state index in [-0.39, 0.29) is 11.8 Å². The fraction of sp³-hybridized carbons (Fsp3) is 0.278. The number of hydrogen-bond donors (Lipinski definition) is 1. The van der Waals surface area contributed by atoms with E-state index >= 15 is 0 Å². The van der Waals surface area contributed by atoms with Crippen LogP contribution in [0.4, 0.5) is 8.78 Å². The van der Waals surface area contributed by atoms with Crippen LogP contribution >= 0.6 is 15.9 Å². The molecule has 1 saturated carbocycles. The van der Waals surface area contributed by atoms with Crippen molar-refractivity contribution in [1.82, 2.24) is 5.32 Å². The second-order valence-electron chi connectivity index (χ2n) is 6.05. The quantitative estimate of drug-likeness (QED) is 0.835. The maximum atomic E-state index is 14.1. The number of hydrogen-bond acceptors (Lipinski definition) is 1. The fourth-order valence-electron chi connectivity index (χ4n) is 3.08. The van der Waals surface area contributed by atoms with Crippen molar-refractivity contribution in [2.75, 3.05) is 6.54 Å². The lowest BCUT2D eigenvalue weighted by atomic mass is 9.92. The Bertz CT molecular complexity index is 764. The summed E-state index contributed by atoms with van der Waals surface area (Å²) in [6.45, 7) is 2.34. The minimum absolute atomic E-state index is 0.210. The fourth-order valence-corrected chi connectivity index (χ4v) is 3.54. The maximum absolute atomic E-state index is 14.1.